The van der Waals surface area contributed by atoms with E-state index in [0.717, 1.165) is 11.1 Å². The molecule has 4 nitrogen and oxygen atoms in total. The molecule has 4 heteroatoms. The number of hydrogen-bond donors (Lipinski definition) is 2. The number of aliphatic hydroxyl groups excluding tert-OH is 1. The van der Waals surface area contributed by atoms with Crippen LogP contribution in [0.2, 0.25) is 0 Å². The Kier molecular flexibility index (Phi) is 2.00. The summed E-state index contributed by atoms with van der Waals surface area (Å²) in [6, 6.07) is 5.56. The van der Waals surface area contributed by atoms with Gasteiger partial charge < -0.3 is 15.3 Å². The summed E-state index contributed by atoms with van der Waals surface area (Å²) in [5.41, 5.74) is 7.89. The predicted octanol–water partition coefficient (Wildman–Crippen LogP) is 0.779. The van der Waals surface area contributed by atoms with Crippen LogP contribution in [0.25, 0.3) is 11.1 Å². The van der Waals surface area contributed by atoms with Gasteiger partial charge in [-0.1, -0.05) is 6.07 Å². The maximum atomic E-state index is 8.78. The number of aliphatic hydroxyl groups is 1. The van der Waals surface area contributed by atoms with Crippen LogP contribution < -0.4 is 5.73 Å². The van der Waals surface area contributed by atoms with E-state index in [2.05, 4.69) is 4.98 Å². The second kappa shape index (κ2) is 3.16. The largest absolute Gasteiger partial charge is 0.438 e. The van der Waals surface area contributed by atoms with Gasteiger partial charge in [-0.15, -0.1) is 0 Å². The summed E-state index contributed by atoms with van der Waals surface area (Å²) in [4.78, 5) is 4.05. The lowest BCUT2D eigenvalue weighted by atomic mass is 10.2. The van der Waals surface area contributed by atoms with Crippen molar-refractivity contribution in [2.75, 3.05) is 0 Å². The van der Waals surface area contributed by atoms with Crippen LogP contribution in [-0.4, -0.2) is 10.1 Å². The Bertz CT molecular complexity index is 420. The van der Waals surface area contributed by atoms with Crippen molar-refractivity contribution < 1.29 is 9.52 Å². The molecule has 3 N–H and O–H groups in total. The number of fused-ring (bicyclic) bond motifs is 1. The second-order valence-corrected chi connectivity index (χ2v) is 2.77. The quantitative estimate of drug-likeness (QED) is 0.712. The van der Waals surface area contributed by atoms with Crippen LogP contribution in [0, 0.1) is 0 Å². The van der Waals surface area contributed by atoms with Crippen LogP contribution >= 0.6 is 0 Å². The molecule has 2 aromatic rings. The summed E-state index contributed by atoms with van der Waals surface area (Å²) in [6.45, 7) is 0.303. The fourth-order valence-electron chi connectivity index (χ4n) is 1.21. The Labute approximate surface area is 75.0 Å². The fraction of sp³-hybridized carbons (Fsp3) is 0.222. The molecule has 0 unspecified atom stereocenters. The summed E-state index contributed by atoms with van der Waals surface area (Å²) in [5.74, 6) is 0.337. The average molecular weight is 178 g/mol. The predicted molar refractivity (Wildman–Crippen MR) is 47.8 cm³/mol. The van der Waals surface area contributed by atoms with Gasteiger partial charge in [0, 0.05) is 6.54 Å². The van der Waals surface area contributed by atoms with Gasteiger partial charge in [0.15, 0.2) is 5.58 Å². The highest BCUT2D eigenvalue weighted by Gasteiger charge is 2.04. The van der Waals surface area contributed by atoms with E-state index < -0.39 is 0 Å². The molecule has 1 aromatic heterocycles. The van der Waals surface area contributed by atoms with Gasteiger partial charge in [-0.3, -0.25) is 0 Å². The zero-order valence-electron chi connectivity index (χ0n) is 7.03. The summed E-state index contributed by atoms with van der Waals surface area (Å²) in [7, 11) is 0. The molecule has 0 radical (unpaired) electrons. The minimum atomic E-state index is -0.174. The van der Waals surface area contributed by atoms with Crippen molar-refractivity contribution in [2.24, 2.45) is 5.73 Å². The summed E-state index contributed by atoms with van der Waals surface area (Å²) >= 11 is 0. The first kappa shape index (κ1) is 8.22. The molecule has 0 aliphatic heterocycles. The van der Waals surface area contributed by atoms with Crippen molar-refractivity contribution in [2.45, 2.75) is 13.2 Å². The third-order valence-electron chi connectivity index (χ3n) is 1.87. The standard InChI is InChI=1S/C9H10N2O2/c10-4-6-1-2-7-8(3-6)13-9(5-12)11-7/h1-3,12H,4-5,10H2. The first-order chi connectivity index (χ1) is 6.33. The van der Waals surface area contributed by atoms with E-state index in [-0.39, 0.29) is 6.61 Å². The van der Waals surface area contributed by atoms with E-state index >= 15 is 0 Å². The lowest BCUT2D eigenvalue weighted by Gasteiger charge is -1.92. The molecule has 0 saturated heterocycles. The SMILES string of the molecule is NCc1ccc2nc(CO)oc2c1. The zero-order chi connectivity index (χ0) is 9.26. The van der Waals surface area contributed by atoms with Gasteiger partial charge in [-0.2, -0.15) is 0 Å². The Morgan fingerprint density at radius 1 is 1.46 bits per heavy atom. The monoisotopic (exact) mass is 178 g/mol. The molecule has 1 aromatic carbocycles. The molecule has 0 aliphatic carbocycles. The minimum absolute atomic E-state index is 0.174. The second-order valence-electron chi connectivity index (χ2n) is 2.77. The van der Waals surface area contributed by atoms with Crippen LogP contribution in [0.3, 0.4) is 0 Å². The maximum absolute atomic E-state index is 8.78. The van der Waals surface area contributed by atoms with Crippen LogP contribution in [0.15, 0.2) is 22.6 Å². The van der Waals surface area contributed by atoms with Crippen LogP contribution in [0.4, 0.5) is 0 Å². The van der Waals surface area contributed by atoms with Crippen molar-refractivity contribution in [1.82, 2.24) is 4.98 Å². The number of rotatable bonds is 2. The lowest BCUT2D eigenvalue weighted by molar-refractivity contribution is 0.244. The van der Waals surface area contributed by atoms with E-state index in [1.807, 2.05) is 18.2 Å². The van der Waals surface area contributed by atoms with Crippen molar-refractivity contribution in [3.8, 4) is 0 Å². The number of oxazole rings is 1. The number of aromatic nitrogens is 1. The molecule has 0 atom stereocenters. The number of nitrogens with zero attached hydrogens (tertiary/aromatic N) is 1. The van der Waals surface area contributed by atoms with E-state index in [1.165, 1.54) is 0 Å². The molecule has 0 fully saturated rings. The highest BCUT2D eigenvalue weighted by atomic mass is 16.4. The van der Waals surface area contributed by atoms with Crippen LogP contribution in [-0.2, 0) is 13.2 Å². The Balaban J connectivity index is 2.57. The van der Waals surface area contributed by atoms with Crippen molar-refractivity contribution in [3.05, 3.63) is 29.7 Å². The van der Waals surface area contributed by atoms with E-state index in [0.29, 0.717) is 18.0 Å². The van der Waals surface area contributed by atoms with E-state index in [1.54, 1.807) is 0 Å². The van der Waals surface area contributed by atoms with Gasteiger partial charge >= 0.3 is 0 Å². The molecule has 0 aliphatic rings. The first-order valence-electron chi connectivity index (χ1n) is 4.03. The van der Waals surface area contributed by atoms with Gasteiger partial charge in [0.05, 0.1) is 0 Å². The summed E-state index contributed by atoms with van der Waals surface area (Å²) < 4.78 is 5.24. The highest BCUT2D eigenvalue weighted by molar-refractivity contribution is 5.73. The normalized spacial score (nSPS) is 10.9. The van der Waals surface area contributed by atoms with Gasteiger partial charge in [0.1, 0.15) is 12.1 Å². The van der Waals surface area contributed by atoms with Gasteiger partial charge in [0.2, 0.25) is 5.89 Å². The molecule has 13 heavy (non-hydrogen) atoms. The zero-order valence-corrected chi connectivity index (χ0v) is 7.03. The number of benzene rings is 1. The minimum Gasteiger partial charge on any atom is -0.438 e. The Hall–Kier alpha value is -1.39. The first-order valence-corrected chi connectivity index (χ1v) is 4.03. The summed E-state index contributed by atoms with van der Waals surface area (Å²) in [6.07, 6.45) is 0. The molecular formula is C9H10N2O2. The molecule has 0 spiro atoms. The molecule has 2 rings (SSSR count). The molecule has 68 valence electrons. The number of nitrogens with two attached hydrogens (primary N) is 1. The third-order valence-corrected chi connectivity index (χ3v) is 1.87. The van der Waals surface area contributed by atoms with Crippen LogP contribution in [0.1, 0.15) is 11.5 Å². The van der Waals surface area contributed by atoms with Gasteiger partial charge in [-0.25, -0.2) is 4.98 Å². The molecule has 0 saturated carbocycles. The Morgan fingerprint density at radius 3 is 3.00 bits per heavy atom. The van der Waals surface area contributed by atoms with E-state index in [4.69, 9.17) is 15.3 Å². The fourth-order valence-corrected chi connectivity index (χ4v) is 1.21. The third kappa shape index (κ3) is 1.41. The smallest absolute Gasteiger partial charge is 0.221 e. The molecular weight excluding hydrogens is 168 g/mol. The van der Waals surface area contributed by atoms with Crippen molar-refractivity contribution in [3.63, 3.8) is 0 Å². The molecule has 0 bridgehead atoms. The van der Waals surface area contributed by atoms with E-state index in [9.17, 15) is 0 Å². The molecule has 0 amide bonds. The van der Waals surface area contributed by atoms with Crippen molar-refractivity contribution >= 4 is 11.1 Å². The molecule has 1 heterocycles. The Morgan fingerprint density at radius 2 is 2.31 bits per heavy atom. The average Bonchev–Trinajstić information content (AvgIpc) is 2.58. The number of hydrogen-bond acceptors (Lipinski definition) is 4. The van der Waals surface area contributed by atoms with Gasteiger partial charge in [0.25, 0.3) is 0 Å². The summed E-state index contributed by atoms with van der Waals surface area (Å²) in [5, 5.41) is 8.78. The topological polar surface area (TPSA) is 72.3 Å². The lowest BCUT2D eigenvalue weighted by Crippen LogP contribution is -1.94. The maximum Gasteiger partial charge on any atom is 0.221 e. The van der Waals surface area contributed by atoms with Crippen molar-refractivity contribution in [1.29, 1.82) is 0 Å². The highest BCUT2D eigenvalue weighted by Crippen LogP contribution is 2.16. The van der Waals surface area contributed by atoms with Gasteiger partial charge in [-0.05, 0) is 17.7 Å². The van der Waals surface area contributed by atoms with Crippen LogP contribution in [0.5, 0.6) is 0 Å².